The molecule has 1 heterocycles. The lowest BCUT2D eigenvalue weighted by molar-refractivity contribution is -0.525. The maximum atomic E-state index is 10.2. The van der Waals surface area contributed by atoms with Crippen molar-refractivity contribution in [2.45, 2.75) is 5.75 Å². The zero-order valence-electron chi connectivity index (χ0n) is 9.25. The molecule has 0 aromatic carbocycles. The van der Waals surface area contributed by atoms with E-state index < -0.39 is 5.03 Å². The summed E-state index contributed by atoms with van der Waals surface area (Å²) < 4.78 is 4.18. The van der Waals surface area contributed by atoms with Crippen LogP contribution in [-0.2, 0) is 5.75 Å². The molecule has 2 N–H and O–H groups in total. The van der Waals surface area contributed by atoms with E-state index in [0.29, 0.717) is 6.54 Å². The lowest BCUT2D eigenvalue weighted by atomic mass is 10.5. The first kappa shape index (κ1) is 13.7. The minimum absolute atomic E-state index is 0.171. The Morgan fingerprint density at radius 1 is 1.76 bits per heavy atom. The third kappa shape index (κ3) is 6.07. The second kappa shape index (κ2) is 7.85. The highest BCUT2D eigenvalue weighted by Gasteiger charge is 2.02. The van der Waals surface area contributed by atoms with Gasteiger partial charge >= 0.3 is 0 Å². The maximum Gasteiger partial charge on any atom is 0.254 e. The van der Waals surface area contributed by atoms with Crippen molar-refractivity contribution >= 4 is 29.3 Å². The molecule has 0 aliphatic rings. The van der Waals surface area contributed by atoms with Gasteiger partial charge in [0.05, 0.1) is 5.69 Å². The number of guanidine groups is 1. The molecule has 0 atom stereocenters. The van der Waals surface area contributed by atoms with Crippen LogP contribution in [0.15, 0.2) is 16.4 Å². The van der Waals surface area contributed by atoms with Crippen molar-refractivity contribution in [1.29, 1.82) is 0 Å². The van der Waals surface area contributed by atoms with Crippen molar-refractivity contribution in [2.75, 3.05) is 19.3 Å². The number of hydrogen-bond acceptors (Lipinski definition) is 6. The summed E-state index contributed by atoms with van der Waals surface area (Å²) in [5.41, 5.74) is 3.04. The summed E-state index contributed by atoms with van der Waals surface area (Å²) in [5, 5.41) is 14.3. The Morgan fingerprint density at radius 2 is 2.59 bits per heavy atom. The molecule has 94 valence electrons. The fraction of sp³-hybridized carbons (Fsp3) is 0.500. The van der Waals surface area contributed by atoms with E-state index in [-0.39, 0.29) is 5.96 Å². The van der Waals surface area contributed by atoms with Gasteiger partial charge in [0, 0.05) is 30.5 Å². The first-order valence-electron chi connectivity index (χ1n) is 4.81. The van der Waals surface area contributed by atoms with Crippen LogP contribution in [0.5, 0.6) is 0 Å². The first-order chi connectivity index (χ1) is 8.22. The highest BCUT2D eigenvalue weighted by molar-refractivity contribution is 7.98. The van der Waals surface area contributed by atoms with E-state index >= 15 is 0 Å². The van der Waals surface area contributed by atoms with Crippen molar-refractivity contribution in [3.8, 4) is 0 Å². The van der Waals surface area contributed by atoms with Gasteiger partial charge in [-0.15, -0.1) is 0 Å². The molecule has 17 heavy (non-hydrogen) atoms. The van der Waals surface area contributed by atoms with E-state index in [4.69, 9.17) is 0 Å². The van der Waals surface area contributed by atoms with Crippen LogP contribution < -0.4 is 10.7 Å². The van der Waals surface area contributed by atoms with E-state index in [1.165, 1.54) is 18.6 Å². The molecular formula is C8H13N5O2S2. The average molecular weight is 275 g/mol. The van der Waals surface area contributed by atoms with Crippen LogP contribution in [0.4, 0.5) is 0 Å². The number of aliphatic imine (C=N–C) groups is 1. The van der Waals surface area contributed by atoms with Crippen molar-refractivity contribution in [2.24, 2.45) is 4.99 Å². The molecule has 0 amide bonds. The zero-order valence-corrected chi connectivity index (χ0v) is 10.9. The minimum Gasteiger partial charge on any atom is -0.351 e. The van der Waals surface area contributed by atoms with Gasteiger partial charge in [0.25, 0.3) is 5.96 Å². The number of nitrogens with zero attached hydrogens (tertiary/aromatic N) is 3. The number of nitro groups is 1. The highest BCUT2D eigenvalue weighted by Crippen LogP contribution is 2.10. The van der Waals surface area contributed by atoms with Gasteiger partial charge in [0.15, 0.2) is 5.03 Å². The van der Waals surface area contributed by atoms with E-state index in [9.17, 15) is 10.1 Å². The lowest BCUT2D eigenvalue weighted by Gasteiger charge is -2.05. The topological polar surface area (TPSA) is 92.5 Å². The van der Waals surface area contributed by atoms with Gasteiger partial charge in [-0.05, 0) is 17.6 Å². The predicted molar refractivity (Wildman–Crippen MR) is 69.8 cm³/mol. The van der Waals surface area contributed by atoms with Gasteiger partial charge in [0.2, 0.25) is 0 Å². The van der Waals surface area contributed by atoms with Crippen LogP contribution in [0, 0.1) is 10.1 Å². The monoisotopic (exact) mass is 275 g/mol. The van der Waals surface area contributed by atoms with E-state index in [2.05, 4.69) is 14.7 Å². The summed E-state index contributed by atoms with van der Waals surface area (Å²) in [5.74, 6) is 1.85. The fourth-order valence-electron chi connectivity index (χ4n) is 0.985. The molecule has 0 spiro atoms. The number of thioether (sulfide) groups is 1. The number of rotatable bonds is 6. The molecule has 0 unspecified atom stereocenters. The summed E-state index contributed by atoms with van der Waals surface area (Å²) in [7, 11) is 1.49. The normalized spacial score (nSPS) is 11.2. The van der Waals surface area contributed by atoms with Crippen LogP contribution in [0.1, 0.15) is 5.69 Å². The SMILES string of the molecule is CN=C(NCCSCc1ccsn1)N[N+](=O)[O-]. The maximum absolute atomic E-state index is 10.2. The zero-order chi connectivity index (χ0) is 12.5. The van der Waals surface area contributed by atoms with Gasteiger partial charge in [-0.2, -0.15) is 16.1 Å². The average Bonchev–Trinajstić information content (AvgIpc) is 2.79. The number of nitrogens with one attached hydrogen (secondary N) is 2. The molecule has 0 saturated carbocycles. The van der Waals surface area contributed by atoms with Crippen LogP contribution >= 0.6 is 23.3 Å². The van der Waals surface area contributed by atoms with Crippen molar-refractivity contribution in [3.63, 3.8) is 0 Å². The fourth-order valence-corrected chi connectivity index (χ4v) is 2.37. The summed E-state index contributed by atoms with van der Waals surface area (Å²) in [4.78, 5) is 13.9. The van der Waals surface area contributed by atoms with E-state index in [0.717, 1.165) is 17.2 Å². The van der Waals surface area contributed by atoms with Gasteiger partial charge in [-0.3, -0.25) is 4.99 Å². The van der Waals surface area contributed by atoms with Crippen molar-refractivity contribution in [3.05, 3.63) is 27.3 Å². The summed E-state index contributed by atoms with van der Waals surface area (Å²) >= 11 is 3.15. The Kier molecular flexibility index (Phi) is 6.33. The predicted octanol–water partition coefficient (Wildman–Crippen LogP) is 0.733. The van der Waals surface area contributed by atoms with Crippen LogP contribution in [0.25, 0.3) is 0 Å². The van der Waals surface area contributed by atoms with Gasteiger partial charge in [-0.25, -0.2) is 10.1 Å². The summed E-state index contributed by atoms with van der Waals surface area (Å²) in [6.45, 7) is 0.613. The lowest BCUT2D eigenvalue weighted by Crippen LogP contribution is -2.41. The van der Waals surface area contributed by atoms with Crippen molar-refractivity contribution in [1.82, 2.24) is 15.1 Å². The van der Waals surface area contributed by atoms with E-state index in [1.54, 1.807) is 11.8 Å². The standard InChI is InChI=1S/C8H13N5O2S2/c1-9-8(11-13(14)15)10-3-5-16-6-7-2-4-17-12-7/h2,4H,3,5-6H2,1H3,(H2,9,10,11). The minimum atomic E-state index is -0.641. The molecular weight excluding hydrogens is 262 g/mol. The van der Waals surface area contributed by atoms with Gasteiger partial charge in [-0.1, -0.05) is 5.43 Å². The molecule has 0 aliphatic heterocycles. The molecule has 0 saturated heterocycles. The Labute approximate surface area is 107 Å². The molecule has 0 radical (unpaired) electrons. The third-order valence-electron chi connectivity index (χ3n) is 1.70. The van der Waals surface area contributed by atoms with E-state index in [1.807, 2.05) is 16.9 Å². The largest absolute Gasteiger partial charge is 0.351 e. The Balaban J connectivity index is 2.09. The number of hydrazine groups is 1. The highest BCUT2D eigenvalue weighted by atomic mass is 32.2. The van der Waals surface area contributed by atoms with Gasteiger partial charge in [0.1, 0.15) is 0 Å². The van der Waals surface area contributed by atoms with Crippen molar-refractivity contribution < 1.29 is 5.03 Å². The smallest absolute Gasteiger partial charge is 0.254 e. The molecule has 9 heteroatoms. The molecule has 0 bridgehead atoms. The van der Waals surface area contributed by atoms with Crippen LogP contribution in [0.3, 0.4) is 0 Å². The molecule has 7 nitrogen and oxygen atoms in total. The quantitative estimate of drug-likeness (QED) is 0.261. The Bertz CT molecular complexity index is 368. The molecule has 0 aliphatic carbocycles. The third-order valence-corrected chi connectivity index (χ3v) is 3.29. The second-order valence-corrected chi connectivity index (χ2v) is 4.68. The molecule has 1 aromatic rings. The van der Waals surface area contributed by atoms with Crippen LogP contribution in [0.2, 0.25) is 0 Å². The number of aromatic nitrogens is 1. The number of hydrogen-bond donors (Lipinski definition) is 2. The Hall–Kier alpha value is -1.35. The van der Waals surface area contributed by atoms with Gasteiger partial charge < -0.3 is 5.32 Å². The molecule has 0 fully saturated rings. The summed E-state index contributed by atoms with van der Waals surface area (Å²) in [6, 6.07) is 1.98. The Morgan fingerprint density at radius 3 is 3.18 bits per heavy atom. The van der Waals surface area contributed by atoms with Crippen LogP contribution in [-0.4, -0.2) is 34.7 Å². The molecule has 1 aromatic heterocycles. The molecule has 1 rings (SSSR count). The first-order valence-corrected chi connectivity index (χ1v) is 6.80. The second-order valence-electron chi connectivity index (χ2n) is 2.91. The summed E-state index contributed by atoms with van der Waals surface area (Å²) in [6.07, 6.45) is 0.